The molecule has 2 rings (SSSR count). The fourth-order valence-corrected chi connectivity index (χ4v) is 3.23. The van der Waals surface area contributed by atoms with Crippen LogP contribution in [0.1, 0.15) is 20.8 Å². The molecule has 22 heavy (non-hydrogen) atoms. The maximum atomic E-state index is 13.2. The Kier molecular flexibility index (Phi) is 7.19. The average molecular weight is 346 g/mol. The van der Waals surface area contributed by atoms with Gasteiger partial charge >= 0.3 is 0 Å². The number of nitrogens with zero attached hydrogens (tertiary/aromatic N) is 3. The molecule has 0 saturated carbocycles. The Hall–Kier alpha value is -1.24. The van der Waals surface area contributed by atoms with Gasteiger partial charge in [-0.25, -0.2) is 9.37 Å². The molecule has 4 nitrogen and oxygen atoms in total. The fraction of sp³-hybridized carbons (Fsp3) is 0.467. The summed E-state index contributed by atoms with van der Waals surface area (Å²) in [6.07, 6.45) is 0. The largest absolute Gasteiger partial charge is 0.302 e. The van der Waals surface area contributed by atoms with Crippen LogP contribution in [0.5, 0.6) is 0 Å². The van der Waals surface area contributed by atoms with Crippen LogP contribution in [0.25, 0.3) is 10.2 Å². The lowest BCUT2D eigenvalue weighted by molar-refractivity contribution is -0.116. The number of thiazole rings is 1. The number of halogens is 2. The summed E-state index contributed by atoms with van der Waals surface area (Å²) in [6, 6.07) is 4.49. The summed E-state index contributed by atoms with van der Waals surface area (Å²) < 4.78 is 14.0. The molecule has 0 aliphatic rings. The van der Waals surface area contributed by atoms with E-state index in [0.29, 0.717) is 11.7 Å². The van der Waals surface area contributed by atoms with E-state index in [9.17, 15) is 9.18 Å². The number of carbonyl (C=O) groups is 1. The van der Waals surface area contributed by atoms with E-state index in [1.54, 1.807) is 11.0 Å². The highest BCUT2D eigenvalue weighted by Crippen LogP contribution is 2.29. The molecule has 0 aliphatic heterocycles. The first-order valence-corrected chi connectivity index (χ1v) is 7.93. The molecule has 0 unspecified atom stereocenters. The normalized spacial score (nSPS) is 10.8. The second kappa shape index (κ2) is 8.41. The monoisotopic (exact) mass is 345 g/mol. The minimum absolute atomic E-state index is 0. The van der Waals surface area contributed by atoms with Crippen molar-refractivity contribution >= 4 is 45.0 Å². The molecular formula is C15H21ClFN3OS. The summed E-state index contributed by atoms with van der Waals surface area (Å²) in [5, 5.41) is 0.634. The molecule has 0 fully saturated rings. The lowest BCUT2D eigenvalue weighted by Crippen LogP contribution is -2.37. The van der Waals surface area contributed by atoms with Crippen LogP contribution in [-0.4, -0.2) is 42.0 Å². The van der Waals surface area contributed by atoms with Crippen molar-refractivity contribution in [2.45, 2.75) is 20.8 Å². The molecule has 1 heterocycles. The molecule has 1 aromatic heterocycles. The average Bonchev–Trinajstić information content (AvgIpc) is 2.85. The first kappa shape index (κ1) is 18.8. The molecule has 122 valence electrons. The molecule has 0 spiro atoms. The number of likely N-dealkylation sites (N-methyl/N-ethyl adjacent to an activating group) is 1. The zero-order valence-electron chi connectivity index (χ0n) is 13.0. The van der Waals surface area contributed by atoms with E-state index < -0.39 is 0 Å². The number of benzene rings is 1. The molecule has 2 aromatic rings. The van der Waals surface area contributed by atoms with Crippen LogP contribution in [0.3, 0.4) is 0 Å². The minimum Gasteiger partial charge on any atom is -0.302 e. The van der Waals surface area contributed by atoms with Crippen LogP contribution in [0, 0.1) is 5.82 Å². The Morgan fingerprint density at radius 1 is 1.27 bits per heavy atom. The van der Waals surface area contributed by atoms with E-state index in [-0.39, 0.29) is 24.1 Å². The van der Waals surface area contributed by atoms with Crippen molar-refractivity contribution in [3.8, 4) is 0 Å². The third kappa shape index (κ3) is 4.38. The van der Waals surface area contributed by atoms with Crippen LogP contribution < -0.4 is 4.90 Å². The second-order valence-corrected chi connectivity index (χ2v) is 5.82. The van der Waals surface area contributed by atoms with Crippen molar-refractivity contribution in [1.82, 2.24) is 9.88 Å². The van der Waals surface area contributed by atoms with Crippen molar-refractivity contribution < 1.29 is 9.18 Å². The molecule has 0 atom stereocenters. The van der Waals surface area contributed by atoms with Crippen LogP contribution in [0.2, 0.25) is 0 Å². The highest BCUT2D eigenvalue weighted by Gasteiger charge is 2.17. The van der Waals surface area contributed by atoms with Crippen molar-refractivity contribution in [3.63, 3.8) is 0 Å². The van der Waals surface area contributed by atoms with Gasteiger partial charge in [-0.3, -0.25) is 9.69 Å². The van der Waals surface area contributed by atoms with Crippen molar-refractivity contribution in [2.24, 2.45) is 0 Å². The van der Waals surface area contributed by atoms with Crippen molar-refractivity contribution in [1.29, 1.82) is 0 Å². The number of hydrogen-bond acceptors (Lipinski definition) is 4. The first-order valence-electron chi connectivity index (χ1n) is 7.11. The fourth-order valence-electron chi connectivity index (χ4n) is 2.17. The van der Waals surface area contributed by atoms with Gasteiger partial charge in [-0.15, -0.1) is 12.4 Å². The number of anilines is 1. The third-order valence-electron chi connectivity index (χ3n) is 3.48. The van der Waals surface area contributed by atoms with E-state index in [1.165, 1.54) is 30.4 Å². The van der Waals surface area contributed by atoms with E-state index in [1.807, 2.05) is 0 Å². The summed E-state index contributed by atoms with van der Waals surface area (Å²) in [4.78, 5) is 20.2. The lowest BCUT2D eigenvalue weighted by atomic mass is 10.3. The Balaban J connectivity index is 0.00000242. The predicted octanol–water partition coefficient (Wildman–Crippen LogP) is 3.55. The molecule has 1 amide bonds. The lowest BCUT2D eigenvalue weighted by Gasteiger charge is -2.23. The molecule has 7 heteroatoms. The standard InChI is InChI=1S/C15H20FN3OS.ClH/c1-4-18(5-2)8-9-19(11(3)20)15-17-13-7-6-12(16)10-14(13)21-15;/h6-7,10H,4-5,8-9H2,1-3H3;1H. The Bertz CT molecular complexity index is 630. The van der Waals surface area contributed by atoms with E-state index in [2.05, 4.69) is 23.7 Å². The number of carbonyl (C=O) groups excluding carboxylic acids is 1. The van der Waals surface area contributed by atoms with Crippen LogP contribution in [0.15, 0.2) is 18.2 Å². The highest BCUT2D eigenvalue weighted by molar-refractivity contribution is 7.22. The van der Waals surface area contributed by atoms with E-state index >= 15 is 0 Å². The first-order chi connectivity index (χ1) is 10.0. The van der Waals surface area contributed by atoms with Gasteiger partial charge in [-0.1, -0.05) is 25.2 Å². The minimum atomic E-state index is -0.282. The summed E-state index contributed by atoms with van der Waals surface area (Å²) in [7, 11) is 0. The van der Waals surface area contributed by atoms with Gasteiger partial charge in [-0.05, 0) is 31.3 Å². The summed E-state index contributed by atoms with van der Waals surface area (Å²) in [5.41, 5.74) is 0.727. The van der Waals surface area contributed by atoms with Crippen LogP contribution in [-0.2, 0) is 4.79 Å². The molecule has 0 bridgehead atoms. The highest BCUT2D eigenvalue weighted by atomic mass is 35.5. The SMILES string of the molecule is CCN(CC)CCN(C(C)=O)c1nc2ccc(F)cc2s1.Cl. The zero-order valence-corrected chi connectivity index (χ0v) is 14.6. The number of fused-ring (bicyclic) bond motifs is 1. The number of amides is 1. The molecule has 0 saturated heterocycles. The van der Waals surface area contributed by atoms with Gasteiger partial charge in [0, 0.05) is 20.0 Å². The van der Waals surface area contributed by atoms with Gasteiger partial charge < -0.3 is 4.90 Å². The van der Waals surface area contributed by atoms with Gasteiger partial charge in [-0.2, -0.15) is 0 Å². The van der Waals surface area contributed by atoms with Gasteiger partial charge in [0.15, 0.2) is 5.13 Å². The van der Waals surface area contributed by atoms with Crippen LogP contribution >= 0.6 is 23.7 Å². The van der Waals surface area contributed by atoms with Crippen molar-refractivity contribution in [3.05, 3.63) is 24.0 Å². The summed E-state index contributed by atoms with van der Waals surface area (Å²) >= 11 is 1.35. The summed E-state index contributed by atoms with van der Waals surface area (Å²) in [6.45, 7) is 9.04. The third-order valence-corrected chi connectivity index (χ3v) is 4.53. The molecule has 0 radical (unpaired) electrons. The van der Waals surface area contributed by atoms with Gasteiger partial charge in [0.1, 0.15) is 5.82 Å². The maximum Gasteiger partial charge on any atom is 0.225 e. The van der Waals surface area contributed by atoms with Gasteiger partial charge in [0.2, 0.25) is 5.91 Å². The molecular weight excluding hydrogens is 325 g/mol. The number of rotatable bonds is 6. The quantitative estimate of drug-likeness (QED) is 0.803. The topological polar surface area (TPSA) is 36.4 Å². The molecule has 0 N–H and O–H groups in total. The summed E-state index contributed by atoms with van der Waals surface area (Å²) in [5.74, 6) is -0.322. The number of hydrogen-bond donors (Lipinski definition) is 0. The Morgan fingerprint density at radius 3 is 2.55 bits per heavy atom. The Labute approximate surface area is 140 Å². The smallest absolute Gasteiger partial charge is 0.225 e. The van der Waals surface area contributed by atoms with E-state index in [0.717, 1.165) is 29.9 Å². The predicted molar refractivity (Wildman–Crippen MR) is 92.6 cm³/mol. The number of aromatic nitrogens is 1. The zero-order chi connectivity index (χ0) is 15.4. The Morgan fingerprint density at radius 2 is 1.95 bits per heavy atom. The van der Waals surface area contributed by atoms with Crippen molar-refractivity contribution in [2.75, 3.05) is 31.1 Å². The van der Waals surface area contributed by atoms with Gasteiger partial charge in [0.25, 0.3) is 0 Å². The molecule has 0 aliphatic carbocycles. The molecule has 1 aromatic carbocycles. The second-order valence-electron chi connectivity index (χ2n) is 4.81. The van der Waals surface area contributed by atoms with Crippen LogP contribution in [0.4, 0.5) is 9.52 Å². The van der Waals surface area contributed by atoms with Gasteiger partial charge in [0.05, 0.1) is 10.2 Å². The maximum absolute atomic E-state index is 13.2. The van der Waals surface area contributed by atoms with E-state index in [4.69, 9.17) is 0 Å².